The molecule has 4 rings (SSSR count). The Labute approximate surface area is 139 Å². The molecule has 0 radical (unpaired) electrons. The zero-order valence-corrected chi connectivity index (χ0v) is 14.1. The zero-order valence-electron chi connectivity index (χ0n) is 14.1. The SMILES string of the molecule is Cc1cc(C)n(-c2nc3ccccc3nc2-n2nc(C)cc2C)n1. The Balaban J connectivity index is 2.08. The molecule has 6 heteroatoms. The molecule has 0 unspecified atom stereocenters. The lowest BCUT2D eigenvalue weighted by Gasteiger charge is -2.12. The first-order valence-electron chi connectivity index (χ1n) is 7.87. The highest BCUT2D eigenvalue weighted by Crippen LogP contribution is 2.22. The van der Waals surface area contributed by atoms with E-state index in [0.29, 0.717) is 11.6 Å². The summed E-state index contributed by atoms with van der Waals surface area (Å²) in [5.41, 5.74) is 5.60. The summed E-state index contributed by atoms with van der Waals surface area (Å²) in [5.74, 6) is 1.37. The van der Waals surface area contributed by atoms with Gasteiger partial charge in [0.15, 0.2) is 11.6 Å². The minimum absolute atomic E-state index is 0.686. The molecule has 0 aliphatic heterocycles. The molecule has 6 nitrogen and oxygen atoms in total. The van der Waals surface area contributed by atoms with Gasteiger partial charge in [-0.2, -0.15) is 10.2 Å². The van der Waals surface area contributed by atoms with E-state index in [9.17, 15) is 0 Å². The van der Waals surface area contributed by atoms with Gasteiger partial charge in [0.2, 0.25) is 0 Å². The molecule has 4 aromatic rings. The van der Waals surface area contributed by atoms with Gasteiger partial charge in [0.05, 0.1) is 22.4 Å². The van der Waals surface area contributed by atoms with Crippen molar-refractivity contribution in [2.45, 2.75) is 27.7 Å². The van der Waals surface area contributed by atoms with Gasteiger partial charge in [-0.3, -0.25) is 0 Å². The quantitative estimate of drug-likeness (QED) is 0.569. The van der Waals surface area contributed by atoms with Crippen molar-refractivity contribution in [3.8, 4) is 11.6 Å². The molecule has 0 amide bonds. The van der Waals surface area contributed by atoms with E-state index < -0.39 is 0 Å². The van der Waals surface area contributed by atoms with Gasteiger partial charge in [0.1, 0.15) is 0 Å². The van der Waals surface area contributed by atoms with Crippen LogP contribution in [0, 0.1) is 27.7 Å². The Morgan fingerprint density at radius 2 is 1.08 bits per heavy atom. The Morgan fingerprint density at radius 1 is 0.667 bits per heavy atom. The molecule has 0 aliphatic rings. The monoisotopic (exact) mass is 318 g/mol. The number of hydrogen-bond acceptors (Lipinski definition) is 4. The van der Waals surface area contributed by atoms with E-state index in [1.54, 1.807) is 0 Å². The molecule has 24 heavy (non-hydrogen) atoms. The van der Waals surface area contributed by atoms with Crippen molar-refractivity contribution < 1.29 is 0 Å². The van der Waals surface area contributed by atoms with Crippen LogP contribution in [0.3, 0.4) is 0 Å². The highest BCUT2D eigenvalue weighted by Gasteiger charge is 2.17. The summed E-state index contributed by atoms with van der Waals surface area (Å²) in [6.45, 7) is 7.98. The number of para-hydroxylation sites is 2. The molecule has 1 aromatic carbocycles. The van der Waals surface area contributed by atoms with Crippen molar-refractivity contribution >= 4 is 11.0 Å². The zero-order chi connectivity index (χ0) is 16.8. The molecular weight excluding hydrogens is 300 g/mol. The fourth-order valence-corrected chi connectivity index (χ4v) is 2.95. The number of nitrogens with zero attached hydrogens (tertiary/aromatic N) is 6. The van der Waals surface area contributed by atoms with Gasteiger partial charge in [-0.1, -0.05) is 12.1 Å². The smallest absolute Gasteiger partial charge is 0.199 e. The highest BCUT2D eigenvalue weighted by molar-refractivity contribution is 5.76. The van der Waals surface area contributed by atoms with E-state index in [1.807, 2.05) is 73.5 Å². The summed E-state index contributed by atoms with van der Waals surface area (Å²) in [4.78, 5) is 9.65. The van der Waals surface area contributed by atoms with Crippen LogP contribution in [0.5, 0.6) is 0 Å². The predicted molar refractivity (Wildman–Crippen MR) is 92.7 cm³/mol. The van der Waals surface area contributed by atoms with Gasteiger partial charge >= 0.3 is 0 Å². The van der Waals surface area contributed by atoms with Crippen LogP contribution in [0.15, 0.2) is 36.4 Å². The van der Waals surface area contributed by atoms with Gasteiger partial charge < -0.3 is 0 Å². The Kier molecular flexibility index (Phi) is 3.19. The summed E-state index contributed by atoms with van der Waals surface area (Å²) >= 11 is 0. The second kappa shape index (κ2) is 5.26. The first-order valence-corrected chi connectivity index (χ1v) is 7.87. The van der Waals surface area contributed by atoms with Gasteiger partial charge in [-0.25, -0.2) is 19.3 Å². The van der Waals surface area contributed by atoms with Crippen LogP contribution in [0.1, 0.15) is 22.8 Å². The number of aryl methyl sites for hydroxylation is 4. The number of benzene rings is 1. The molecule has 0 bridgehead atoms. The third kappa shape index (κ3) is 2.27. The van der Waals surface area contributed by atoms with Crippen molar-refractivity contribution in [3.05, 3.63) is 59.2 Å². The van der Waals surface area contributed by atoms with Crippen molar-refractivity contribution in [2.24, 2.45) is 0 Å². The van der Waals surface area contributed by atoms with Crippen molar-refractivity contribution in [3.63, 3.8) is 0 Å². The van der Waals surface area contributed by atoms with Crippen molar-refractivity contribution in [2.75, 3.05) is 0 Å². The molecule has 0 spiro atoms. The van der Waals surface area contributed by atoms with Crippen molar-refractivity contribution in [1.29, 1.82) is 0 Å². The lowest BCUT2D eigenvalue weighted by atomic mass is 10.3. The van der Waals surface area contributed by atoms with E-state index in [0.717, 1.165) is 33.8 Å². The molecule has 120 valence electrons. The van der Waals surface area contributed by atoms with Crippen LogP contribution >= 0.6 is 0 Å². The fourth-order valence-electron chi connectivity index (χ4n) is 2.95. The summed E-state index contributed by atoms with van der Waals surface area (Å²) in [6.07, 6.45) is 0. The lowest BCUT2D eigenvalue weighted by molar-refractivity contribution is 0.749. The van der Waals surface area contributed by atoms with E-state index in [1.165, 1.54) is 0 Å². The second-order valence-electron chi connectivity index (χ2n) is 6.04. The average Bonchev–Trinajstić information content (AvgIpc) is 3.06. The number of rotatable bonds is 2. The maximum atomic E-state index is 4.82. The molecule has 3 heterocycles. The van der Waals surface area contributed by atoms with Crippen LogP contribution in [0.4, 0.5) is 0 Å². The molecule has 0 saturated carbocycles. The third-order valence-electron chi connectivity index (χ3n) is 3.95. The Bertz CT molecular complexity index is 972. The lowest BCUT2D eigenvalue weighted by Crippen LogP contribution is -2.12. The Morgan fingerprint density at radius 3 is 1.42 bits per heavy atom. The number of aromatic nitrogens is 6. The van der Waals surface area contributed by atoms with Crippen LogP contribution in [-0.2, 0) is 0 Å². The third-order valence-corrected chi connectivity index (χ3v) is 3.95. The van der Waals surface area contributed by atoms with Crippen LogP contribution in [-0.4, -0.2) is 29.5 Å². The summed E-state index contributed by atoms with van der Waals surface area (Å²) in [5, 5.41) is 9.17. The maximum absolute atomic E-state index is 4.82. The molecule has 0 saturated heterocycles. The predicted octanol–water partition coefficient (Wildman–Crippen LogP) is 3.23. The standard InChI is InChI=1S/C18H18N6/c1-11-9-13(3)23(21-11)17-18(24-14(4)10-12(2)22-24)20-16-8-6-5-7-15(16)19-17/h5-10H,1-4H3. The van der Waals surface area contributed by atoms with Gasteiger partial charge in [0.25, 0.3) is 0 Å². The van der Waals surface area contributed by atoms with Crippen LogP contribution < -0.4 is 0 Å². The largest absolute Gasteiger partial charge is 0.224 e. The first kappa shape index (κ1) is 14.6. The summed E-state index contributed by atoms with van der Waals surface area (Å²) in [7, 11) is 0. The van der Waals surface area contributed by atoms with Gasteiger partial charge in [-0.05, 0) is 52.0 Å². The molecule has 3 aromatic heterocycles. The number of hydrogen-bond donors (Lipinski definition) is 0. The van der Waals surface area contributed by atoms with Gasteiger partial charge in [0, 0.05) is 11.4 Å². The Hall–Kier alpha value is -3.02. The second-order valence-corrected chi connectivity index (χ2v) is 6.04. The topological polar surface area (TPSA) is 61.4 Å². The van der Waals surface area contributed by atoms with Crippen LogP contribution in [0.2, 0.25) is 0 Å². The van der Waals surface area contributed by atoms with E-state index in [-0.39, 0.29) is 0 Å². The summed E-state index contributed by atoms with van der Waals surface area (Å²) < 4.78 is 3.67. The minimum Gasteiger partial charge on any atom is -0.224 e. The normalized spacial score (nSPS) is 11.3. The minimum atomic E-state index is 0.686. The van der Waals surface area contributed by atoms with Crippen molar-refractivity contribution in [1.82, 2.24) is 29.5 Å². The van der Waals surface area contributed by atoms with E-state index in [4.69, 9.17) is 9.97 Å². The first-order chi connectivity index (χ1) is 11.5. The van der Waals surface area contributed by atoms with E-state index >= 15 is 0 Å². The van der Waals surface area contributed by atoms with Crippen LogP contribution in [0.25, 0.3) is 22.7 Å². The number of fused-ring (bicyclic) bond motifs is 1. The molecule has 0 aliphatic carbocycles. The van der Waals surface area contributed by atoms with E-state index in [2.05, 4.69) is 10.2 Å². The summed E-state index contributed by atoms with van der Waals surface area (Å²) in [6, 6.07) is 11.9. The molecule has 0 fully saturated rings. The molecule has 0 atom stereocenters. The maximum Gasteiger partial charge on any atom is 0.199 e. The van der Waals surface area contributed by atoms with Gasteiger partial charge in [-0.15, -0.1) is 0 Å². The molecular formula is C18H18N6. The fraction of sp³-hybridized carbons (Fsp3) is 0.222. The highest BCUT2D eigenvalue weighted by atomic mass is 15.4. The average molecular weight is 318 g/mol. The molecule has 0 N–H and O–H groups in total.